The van der Waals surface area contributed by atoms with Crippen molar-refractivity contribution >= 4 is 22.6 Å². The van der Waals surface area contributed by atoms with Gasteiger partial charge in [0.25, 0.3) is 0 Å². The van der Waals surface area contributed by atoms with Crippen molar-refractivity contribution in [1.82, 2.24) is 19.7 Å². The van der Waals surface area contributed by atoms with Crippen LogP contribution in [0.2, 0.25) is 0 Å². The van der Waals surface area contributed by atoms with Gasteiger partial charge >= 0.3 is 0 Å². The number of aryl methyl sites for hydroxylation is 2. The number of anilines is 1. The first-order valence-corrected chi connectivity index (χ1v) is 10.9. The second-order valence-electron chi connectivity index (χ2n) is 8.43. The lowest BCUT2D eigenvalue weighted by Gasteiger charge is -2.16. The van der Waals surface area contributed by atoms with Crippen LogP contribution < -0.4 is 4.90 Å². The van der Waals surface area contributed by atoms with E-state index in [1.165, 1.54) is 16.8 Å². The van der Waals surface area contributed by atoms with E-state index in [9.17, 15) is 4.79 Å². The number of hydrogen-bond donors (Lipinski definition) is 0. The topological polar surface area (TPSA) is 63.9 Å². The van der Waals surface area contributed by atoms with Crippen LogP contribution >= 0.6 is 0 Å². The van der Waals surface area contributed by atoms with Gasteiger partial charge in [0.15, 0.2) is 5.65 Å². The zero-order valence-corrected chi connectivity index (χ0v) is 17.5. The Morgan fingerprint density at radius 3 is 2.55 bits per heavy atom. The van der Waals surface area contributed by atoms with E-state index in [4.69, 9.17) is 4.98 Å². The van der Waals surface area contributed by atoms with Crippen molar-refractivity contribution in [2.24, 2.45) is 7.05 Å². The van der Waals surface area contributed by atoms with Crippen molar-refractivity contribution in [3.63, 3.8) is 0 Å². The lowest BCUT2D eigenvalue weighted by Crippen LogP contribution is -2.23. The summed E-state index contributed by atoms with van der Waals surface area (Å²) in [6.07, 6.45) is 10.6. The molecule has 0 N–H and O–H groups in total. The lowest BCUT2D eigenvalue weighted by molar-refractivity contribution is -0.117. The van der Waals surface area contributed by atoms with Crippen molar-refractivity contribution in [3.05, 3.63) is 60.2 Å². The smallest absolute Gasteiger partial charge is 0.227 e. The molecule has 4 heterocycles. The molecular formula is C25H23N5O. The first kappa shape index (κ1) is 18.2. The molecule has 1 aliphatic carbocycles. The molecule has 2 aliphatic rings. The fourth-order valence-corrected chi connectivity index (χ4v) is 4.97. The fraction of sp³-hybridized carbons (Fsp3) is 0.280. The molecule has 4 aromatic rings. The van der Waals surface area contributed by atoms with Crippen molar-refractivity contribution in [2.45, 2.75) is 32.1 Å². The van der Waals surface area contributed by atoms with E-state index in [1.54, 1.807) is 0 Å². The van der Waals surface area contributed by atoms with E-state index in [-0.39, 0.29) is 5.91 Å². The standard InChI is InChI=1S/C25H23N5O/c1-29-25-21(15-27-29)24(20-4-2-5-22(20)28-25)18-12-17(13-26-14-18)16-7-9-19(10-8-16)30-11-3-6-23(30)31/h7-10,12-15H,2-6,11H2,1H3. The van der Waals surface area contributed by atoms with Gasteiger partial charge < -0.3 is 4.90 Å². The molecule has 0 saturated carbocycles. The van der Waals surface area contributed by atoms with Crippen LogP contribution in [0.1, 0.15) is 30.5 Å². The summed E-state index contributed by atoms with van der Waals surface area (Å²) in [5.41, 5.74) is 8.92. The fourth-order valence-electron chi connectivity index (χ4n) is 4.97. The minimum atomic E-state index is 0.212. The normalized spacial score (nSPS) is 15.8. The predicted molar refractivity (Wildman–Crippen MR) is 121 cm³/mol. The second-order valence-corrected chi connectivity index (χ2v) is 8.43. The van der Waals surface area contributed by atoms with Crippen molar-refractivity contribution in [1.29, 1.82) is 0 Å². The Morgan fingerprint density at radius 1 is 0.903 bits per heavy atom. The van der Waals surface area contributed by atoms with Gasteiger partial charge in [0, 0.05) is 65.9 Å². The third kappa shape index (κ3) is 2.93. The number of rotatable bonds is 3. The summed E-state index contributed by atoms with van der Waals surface area (Å²) in [7, 11) is 1.95. The van der Waals surface area contributed by atoms with Gasteiger partial charge in [-0.15, -0.1) is 0 Å². The van der Waals surface area contributed by atoms with Gasteiger partial charge in [0.2, 0.25) is 5.91 Å². The number of amides is 1. The second kappa shape index (κ2) is 7.01. The molecule has 31 heavy (non-hydrogen) atoms. The monoisotopic (exact) mass is 409 g/mol. The van der Waals surface area contributed by atoms with Crippen LogP contribution in [-0.4, -0.2) is 32.2 Å². The van der Waals surface area contributed by atoms with Gasteiger partial charge in [-0.05, 0) is 55.0 Å². The number of carbonyl (C=O) groups excluding carboxylic acids is 1. The molecule has 6 nitrogen and oxygen atoms in total. The van der Waals surface area contributed by atoms with Gasteiger partial charge in [-0.2, -0.15) is 5.10 Å². The van der Waals surface area contributed by atoms with Crippen molar-refractivity contribution < 1.29 is 4.79 Å². The van der Waals surface area contributed by atoms with E-state index < -0.39 is 0 Å². The number of hydrogen-bond acceptors (Lipinski definition) is 4. The number of aromatic nitrogens is 4. The van der Waals surface area contributed by atoms with Gasteiger partial charge in [-0.1, -0.05) is 12.1 Å². The van der Waals surface area contributed by atoms with E-state index in [0.29, 0.717) is 6.42 Å². The first-order valence-electron chi connectivity index (χ1n) is 10.9. The maximum Gasteiger partial charge on any atom is 0.227 e. The summed E-state index contributed by atoms with van der Waals surface area (Å²) in [6.45, 7) is 0.809. The molecule has 0 radical (unpaired) electrons. The Morgan fingerprint density at radius 2 is 1.74 bits per heavy atom. The van der Waals surface area contributed by atoms with E-state index in [2.05, 4.69) is 28.3 Å². The summed E-state index contributed by atoms with van der Waals surface area (Å²) in [6, 6.07) is 10.4. The summed E-state index contributed by atoms with van der Waals surface area (Å²) in [5, 5.41) is 5.55. The van der Waals surface area contributed by atoms with E-state index in [0.717, 1.165) is 65.6 Å². The third-order valence-electron chi connectivity index (χ3n) is 6.52. The van der Waals surface area contributed by atoms with Gasteiger partial charge in [-0.25, -0.2) is 4.98 Å². The number of benzene rings is 1. The SMILES string of the molecule is Cn1ncc2c(-c3cncc(-c4ccc(N5CCCC5=O)cc4)c3)c3c(nc21)CCC3. The summed E-state index contributed by atoms with van der Waals surface area (Å²) >= 11 is 0. The van der Waals surface area contributed by atoms with Gasteiger partial charge in [0.05, 0.1) is 6.20 Å². The zero-order valence-electron chi connectivity index (χ0n) is 17.5. The Kier molecular flexibility index (Phi) is 4.13. The molecule has 0 bridgehead atoms. The quantitative estimate of drug-likeness (QED) is 0.506. The molecule has 6 rings (SSSR count). The Hall–Kier alpha value is -3.54. The molecule has 0 spiro atoms. The first-order chi connectivity index (χ1) is 15.2. The molecule has 1 saturated heterocycles. The Labute approximate surface area is 180 Å². The zero-order chi connectivity index (χ0) is 20.9. The molecular weight excluding hydrogens is 386 g/mol. The number of carbonyl (C=O) groups is 1. The summed E-state index contributed by atoms with van der Waals surface area (Å²) < 4.78 is 1.85. The molecule has 1 fully saturated rings. The van der Waals surface area contributed by atoms with E-state index in [1.807, 2.05) is 47.4 Å². The molecule has 154 valence electrons. The average molecular weight is 409 g/mol. The summed E-state index contributed by atoms with van der Waals surface area (Å²) in [5.74, 6) is 0.212. The number of fused-ring (bicyclic) bond motifs is 2. The van der Waals surface area contributed by atoms with Crippen LogP contribution in [-0.2, 0) is 24.7 Å². The summed E-state index contributed by atoms with van der Waals surface area (Å²) in [4.78, 5) is 23.4. The van der Waals surface area contributed by atoms with E-state index >= 15 is 0 Å². The highest BCUT2D eigenvalue weighted by Gasteiger charge is 2.23. The van der Waals surface area contributed by atoms with Gasteiger partial charge in [0.1, 0.15) is 0 Å². The van der Waals surface area contributed by atoms with Crippen LogP contribution in [0.4, 0.5) is 5.69 Å². The highest BCUT2D eigenvalue weighted by molar-refractivity contribution is 5.97. The van der Waals surface area contributed by atoms with Crippen LogP contribution in [0.25, 0.3) is 33.3 Å². The molecule has 6 heteroatoms. The average Bonchev–Trinajstić information content (AvgIpc) is 3.53. The lowest BCUT2D eigenvalue weighted by atomic mass is 9.96. The Balaban J connectivity index is 1.43. The molecule has 3 aromatic heterocycles. The molecule has 1 amide bonds. The van der Waals surface area contributed by atoms with Crippen LogP contribution in [0.5, 0.6) is 0 Å². The number of nitrogens with zero attached hydrogens (tertiary/aromatic N) is 5. The predicted octanol–water partition coefficient (Wildman–Crippen LogP) is 4.31. The maximum atomic E-state index is 12.0. The largest absolute Gasteiger partial charge is 0.312 e. The molecule has 0 unspecified atom stereocenters. The number of pyridine rings is 2. The molecule has 0 atom stereocenters. The van der Waals surface area contributed by atoms with Crippen LogP contribution in [0.15, 0.2) is 48.9 Å². The third-order valence-corrected chi connectivity index (χ3v) is 6.52. The highest BCUT2D eigenvalue weighted by atomic mass is 16.2. The molecule has 1 aromatic carbocycles. The van der Waals surface area contributed by atoms with Crippen molar-refractivity contribution in [2.75, 3.05) is 11.4 Å². The molecule has 1 aliphatic heterocycles. The van der Waals surface area contributed by atoms with Crippen LogP contribution in [0.3, 0.4) is 0 Å². The van der Waals surface area contributed by atoms with Gasteiger partial charge in [-0.3, -0.25) is 14.5 Å². The Bertz CT molecular complexity index is 1320. The van der Waals surface area contributed by atoms with Crippen molar-refractivity contribution in [3.8, 4) is 22.3 Å². The minimum Gasteiger partial charge on any atom is -0.312 e. The highest BCUT2D eigenvalue weighted by Crippen LogP contribution is 2.38. The maximum absolute atomic E-state index is 12.0. The van der Waals surface area contributed by atoms with Crippen LogP contribution in [0, 0.1) is 0 Å². The minimum absolute atomic E-state index is 0.212.